The normalized spacial score (nSPS) is 20.9. The summed E-state index contributed by atoms with van der Waals surface area (Å²) < 4.78 is 5.14. The van der Waals surface area contributed by atoms with E-state index < -0.39 is 0 Å². The zero-order valence-corrected chi connectivity index (χ0v) is 14.4. The molecule has 1 aromatic carbocycles. The fourth-order valence-electron chi connectivity index (χ4n) is 3.72. The van der Waals surface area contributed by atoms with Crippen molar-refractivity contribution in [3.63, 3.8) is 0 Å². The van der Waals surface area contributed by atoms with Crippen LogP contribution in [0.1, 0.15) is 35.8 Å². The maximum Gasteiger partial charge on any atom is 0.314 e. The lowest BCUT2D eigenvalue weighted by atomic mass is 9.97. The average Bonchev–Trinajstić information content (AvgIpc) is 2.91. The van der Waals surface area contributed by atoms with Crippen molar-refractivity contribution in [1.29, 1.82) is 0 Å². The van der Waals surface area contributed by atoms with Gasteiger partial charge in [0.1, 0.15) is 12.5 Å². The first-order valence-electron chi connectivity index (χ1n) is 8.70. The van der Waals surface area contributed by atoms with Gasteiger partial charge in [0.2, 0.25) is 5.78 Å². The van der Waals surface area contributed by atoms with Crippen LogP contribution in [0.3, 0.4) is 0 Å². The molecule has 24 heavy (non-hydrogen) atoms. The smallest absolute Gasteiger partial charge is 0.314 e. The van der Waals surface area contributed by atoms with E-state index in [1.165, 1.54) is 4.90 Å². The molecule has 0 radical (unpaired) electrons. The molecule has 2 aromatic rings. The number of aryl methyl sites for hydroxylation is 1. The molecule has 3 rings (SSSR count). The summed E-state index contributed by atoms with van der Waals surface area (Å²) in [6, 6.07) is 7.89. The van der Waals surface area contributed by atoms with Gasteiger partial charge in [0, 0.05) is 16.6 Å². The van der Waals surface area contributed by atoms with E-state index in [-0.39, 0.29) is 17.7 Å². The molecule has 0 spiro atoms. The third-order valence-corrected chi connectivity index (χ3v) is 4.82. The number of piperidine rings is 1. The lowest BCUT2D eigenvalue weighted by Gasteiger charge is -2.28. The Bertz CT molecular complexity index is 750. The van der Waals surface area contributed by atoms with Gasteiger partial charge in [-0.1, -0.05) is 18.2 Å². The maximum atomic E-state index is 12.9. The van der Waals surface area contributed by atoms with Gasteiger partial charge < -0.3 is 14.6 Å². The summed E-state index contributed by atoms with van der Waals surface area (Å²) in [5.41, 5.74) is 2.70. The van der Waals surface area contributed by atoms with E-state index in [0.717, 1.165) is 41.5 Å². The van der Waals surface area contributed by atoms with Crippen molar-refractivity contribution >= 4 is 22.7 Å². The minimum absolute atomic E-state index is 0.0782. The van der Waals surface area contributed by atoms with Crippen LogP contribution in [-0.4, -0.2) is 43.0 Å². The van der Waals surface area contributed by atoms with Gasteiger partial charge in [-0.05, 0) is 32.8 Å². The summed E-state index contributed by atoms with van der Waals surface area (Å²) >= 11 is 0. The molecule has 1 fully saturated rings. The van der Waals surface area contributed by atoms with E-state index in [9.17, 15) is 9.59 Å². The van der Waals surface area contributed by atoms with Gasteiger partial charge in [0.25, 0.3) is 0 Å². The van der Waals surface area contributed by atoms with E-state index in [1.54, 1.807) is 0 Å². The lowest BCUT2D eigenvalue weighted by molar-refractivity contribution is -0.899. The fourth-order valence-corrected chi connectivity index (χ4v) is 3.72. The molecular weight excluding hydrogens is 304 g/mol. The summed E-state index contributed by atoms with van der Waals surface area (Å²) in [6.07, 6.45) is 1.82. The first kappa shape index (κ1) is 16.7. The molecule has 1 aliphatic rings. The quantitative estimate of drug-likeness (QED) is 0.646. The summed E-state index contributed by atoms with van der Waals surface area (Å²) in [5.74, 6) is -0.0551. The van der Waals surface area contributed by atoms with E-state index in [0.29, 0.717) is 19.7 Å². The summed E-state index contributed by atoms with van der Waals surface area (Å²) in [4.78, 5) is 29.3. The van der Waals surface area contributed by atoms with E-state index >= 15 is 0 Å². The molecule has 2 N–H and O–H groups in total. The predicted molar refractivity (Wildman–Crippen MR) is 92.3 cm³/mol. The molecule has 0 amide bonds. The van der Waals surface area contributed by atoms with Crippen molar-refractivity contribution in [3.8, 4) is 0 Å². The molecule has 128 valence electrons. The number of nitrogens with one attached hydrogen (secondary N) is 2. The van der Waals surface area contributed by atoms with Gasteiger partial charge in [-0.25, -0.2) is 0 Å². The number of aromatic nitrogens is 1. The number of quaternary nitrogens is 1. The molecule has 1 unspecified atom stereocenters. The predicted octanol–water partition coefficient (Wildman–Crippen LogP) is 1.52. The second kappa shape index (κ2) is 7.18. The van der Waals surface area contributed by atoms with Crippen LogP contribution in [-0.2, 0) is 9.53 Å². The molecular formula is C19H25N2O3+. The Kier molecular flexibility index (Phi) is 5.00. The standard InChI is InChI=1S/C19H24N2O3/c1-3-24-19(23)14-7-6-10-21(11-14)12-17(22)18-13(2)20-16-9-5-4-8-15(16)18/h4-5,8-9,14,20H,3,6-7,10-12H2,1-2H3/p+1/t14-/m0/s1. The highest BCUT2D eigenvalue weighted by Gasteiger charge is 2.31. The van der Waals surface area contributed by atoms with Crippen molar-refractivity contribution in [2.45, 2.75) is 26.7 Å². The molecule has 2 atom stereocenters. The largest absolute Gasteiger partial charge is 0.466 e. The highest BCUT2D eigenvalue weighted by molar-refractivity contribution is 6.09. The van der Waals surface area contributed by atoms with Crippen LogP contribution in [0.5, 0.6) is 0 Å². The zero-order chi connectivity index (χ0) is 17.1. The first-order chi connectivity index (χ1) is 11.6. The van der Waals surface area contributed by atoms with Gasteiger partial charge in [-0.15, -0.1) is 0 Å². The molecule has 5 heteroatoms. The minimum Gasteiger partial charge on any atom is -0.466 e. The Morgan fingerprint density at radius 3 is 2.92 bits per heavy atom. The Labute approximate surface area is 142 Å². The van der Waals surface area contributed by atoms with Crippen molar-refractivity contribution in [2.24, 2.45) is 5.92 Å². The summed E-state index contributed by atoms with van der Waals surface area (Å²) in [5, 5.41) is 0.985. The third-order valence-electron chi connectivity index (χ3n) is 4.82. The molecule has 2 heterocycles. The number of fused-ring (bicyclic) bond motifs is 1. The van der Waals surface area contributed by atoms with E-state index in [2.05, 4.69) is 4.98 Å². The highest BCUT2D eigenvalue weighted by Crippen LogP contribution is 2.22. The van der Waals surface area contributed by atoms with Crippen LogP contribution in [0.15, 0.2) is 24.3 Å². The minimum atomic E-state index is -0.120. The maximum absolute atomic E-state index is 12.9. The van der Waals surface area contributed by atoms with E-state index in [4.69, 9.17) is 4.74 Å². The number of likely N-dealkylation sites (tertiary alicyclic amines) is 1. The van der Waals surface area contributed by atoms with Crippen LogP contribution in [0.2, 0.25) is 0 Å². The number of hydrogen-bond acceptors (Lipinski definition) is 3. The highest BCUT2D eigenvalue weighted by atomic mass is 16.5. The summed E-state index contributed by atoms with van der Waals surface area (Å²) in [7, 11) is 0. The number of Topliss-reactive ketones (excluding diaryl/α,β-unsaturated/α-hetero) is 1. The van der Waals surface area contributed by atoms with E-state index in [1.807, 2.05) is 38.1 Å². The van der Waals surface area contributed by atoms with Crippen LogP contribution < -0.4 is 4.90 Å². The Morgan fingerprint density at radius 1 is 1.33 bits per heavy atom. The lowest BCUT2D eigenvalue weighted by Crippen LogP contribution is -3.14. The number of aromatic amines is 1. The fraction of sp³-hybridized carbons (Fsp3) is 0.474. The number of ketones is 1. The van der Waals surface area contributed by atoms with Crippen molar-refractivity contribution < 1.29 is 19.2 Å². The topological polar surface area (TPSA) is 63.6 Å². The Balaban J connectivity index is 1.72. The Hall–Kier alpha value is -2.14. The monoisotopic (exact) mass is 329 g/mol. The number of H-pyrrole nitrogens is 1. The van der Waals surface area contributed by atoms with Gasteiger partial charge >= 0.3 is 5.97 Å². The second-order valence-electron chi connectivity index (χ2n) is 6.57. The number of esters is 1. The number of hydrogen-bond donors (Lipinski definition) is 2. The zero-order valence-electron chi connectivity index (χ0n) is 14.4. The first-order valence-corrected chi connectivity index (χ1v) is 8.70. The summed E-state index contributed by atoms with van der Waals surface area (Å²) in [6.45, 7) is 6.24. The third kappa shape index (κ3) is 3.36. The molecule has 1 saturated heterocycles. The van der Waals surface area contributed by atoms with Crippen LogP contribution >= 0.6 is 0 Å². The number of ether oxygens (including phenoxy) is 1. The van der Waals surface area contributed by atoms with Gasteiger partial charge in [-0.2, -0.15) is 0 Å². The molecule has 0 aliphatic carbocycles. The Morgan fingerprint density at radius 2 is 2.12 bits per heavy atom. The number of carbonyl (C=O) groups excluding carboxylic acids is 2. The molecule has 0 saturated carbocycles. The SMILES string of the molecule is CCOC(=O)[C@H]1CCC[NH+](CC(=O)c2c(C)[nH]c3ccccc23)C1. The molecule has 5 nitrogen and oxygen atoms in total. The molecule has 0 bridgehead atoms. The van der Waals surface area contributed by atoms with Crippen molar-refractivity contribution in [1.82, 2.24) is 4.98 Å². The van der Waals surface area contributed by atoms with Crippen LogP contribution in [0, 0.1) is 12.8 Å². The van der Waals surface area contributed by atoms with Gasteiger partial charge in [0.05, 0.1) is 25.3 Å². The van der Waals surface area contributed by atoms with Gasteiger partial charge in [-0.3, -0.25) is 9.59 Å². The molecule has 1 aromatic heterocycles. The van der Waals surface area contributed by atoms with Gasteiger partial charge in [0.15, 0.2) is 0 Å². The second-order valence-corrected chi connectivity index (χ2v) is 6.57. The number of rotatable bonds is 5. The van der Waals surface area contributed by atoms with Crippen LogP contribution in [0.4, 0.5) is 0 Å². The average molecular weight is 329 g/mol. The van der Waals surface area contributed by atoms with Crippen molar-refractivity contribution in [2.75, 3.05) is 26.2 Å². The number of para-hydroxylation sites is 1. The number of carbonyl (C=O) groups is 2. The van der Waals surface area contributed by atoms with Crippen molar-refractivity contribution in [3.05, 3.63) is 35.5 Å². The number of benzene rings is 1. The molecule has 1 aliphatic heterocycles. The van der Waals surface area contributed by atoms with Crippen LogP contribution in [0.25, 0.3) is 10.9 Å².